The third-order valence-electron chi connectivity index (χ3n) is 5.28. The molecule has 7 heteroatoms. The fraction of sp³-hybridized carbons (Fsp3) is 0.120. The molecule has 0 N–H and O–H groups in total. The van der Waals surface area contributed by atoms with E-state index < -0.39 is 16.0 Å². The smallest absolute Gasteiger partial charge is 0.337 e. The van der Waals surface area contributed by atoms with Crippen LogP contribution in [0.1, 0.15) is 32.7 Å². The average molecular weight is 445 g/mol. The molecule has 0 bridgehead atoms. The van der Waals surface area contributed by atoms with Gasteiger partial charge in [-0.1, -0.05) is 29.8 Å². The van der Waals surface area contributed by atoms with Crippen LogP contribution in [0.15, 0.2) is 77.7 Å². The molecule has 0 saturated carbocycles. The highest BCUT2D eigenvalue weighted by Gasteiger charge is 2.24. The molecule has 0 radical (unpaired) electrons. The van der Waals surface area contributed by atoms with Crippen LogP contribution in [0.5, 0.6) is 0 Å². The molecule has 0 saturated heterocycles. The summed E-state index contributed by atoms with van der Waals surface area (Å²) >= 11 is 0. The highest BCUT2D eigenvalue weighted by molar-refractivity contribution is 7.90. The van der Waals surface area contributed by atoms with Gasteiger partial charge in [0.1, 0.15) is 0 Å². The minimum Gasteiger partial charge on any atom is -0.465 e. The molecular formula is C25H20N2O4S. The van der Waals surface area contributed by atoms with Gasteiger partial charge in [0.05, 0.1) is 34.7 Å². The van der Waals surface area contributed by atoms with Gasteiger partial charge in [-0.05, 0) is 61.0 Å². The van der Waals surface area contributed by atoms with Crippen molar-refractivity contribution in [3.63, 3.8) is 0 Å². The lowest BCUT2D eigenvalue weighted by Gasteiger charge is -2.13. The van der Waals surface area contributed by atoms with Crippen LogP contribution in [0.4, 0.5) is 0 Å². The topological polar surface area (TPSA) is 89.2 Å². The zero-order valence-corrected chi connectivity index (χ0v) is 18.4. The van der Waals surface area contributed by atoms with Crippen LogP contribution in [-0.4, -0.2) is 25.5 Å². The number of aryl methyl sites for hydroxylation is 1. The zero-order valence-electron chi connectivity index (χ0n) is 17.6. The first-order valence-electron chi connectivity index (χ1n) is 9.87. The van der Waals surface area contributed by atoms with E-state index in [1.165, 1.54) is 11.1 Å². The van der Waals surface area contributed by atoms with Crippen LogP contribution in [0.25, 0.3) is 10.9 Å². The molecule has 0 atom stereocenters. The van der Waals surface area contributed by atoms with E-state index in [4.69, 9.17) is 10.00 Å². The lowest BCUT2D eigenvalue weighted by Crippen LogP contribution is -2.16. The minimum absolute atomic E-state index is 0.179. The highest BCUT2D eigenvalue weighted by atomic mass is 32.2. The van der Waals surface area contributed by atoms with Crippen molar-refractivity contribution in [2.75, 3.05) is 7.11 Å². The third-order valence-corrected chi connectivity index (χ3v) is 7.06. The standard InChI is InChI=1S/C25H20N2O4S/c1-17-3-10-23(11-4-17)32(29,30)27-22(13-18-5-7-19(16-26)8-6-18)15-21-14-20(25(28)31-2)9-12-24(21)27/h3-12,14-15H,13H2,1-2H3. The lowest BCUT2D eigenvalue weighted by molar-refractivity contribution is 0.0601. The molecule has 0 aliphatic carbocycles. The quantitative estimate of drug-likeness (QED) is 0.425. The maximum Gasteiger partial charge on any atom is 0.337 e. The van der Waals surface area contributed by atoms with Crippen LogP contribution < -0.4 is 0 Å². The highest BCUT2D eigenvalue weighted by Crippen LogP contribution is 2.29. The Balaban J connectivity index is 1.91. The number of carbonyl (C=O) groups is 1. The van der Waals surface area contributed by atoms with Crippen LogP contribution in [-0.2, 0) is 21.2 Å². The Morgan fingerprint density at radius 3 is 2.31 bits per heavy atom. The summed E-state index contributed by atoms with van der Waals surface area (Å²) in [7, 11) is -2.59. The van der Waals surface area contributed by atoms with Gasteiger partial charge < -0.3 is 4.74 Å². The van der Waals surface area contributed by atoms with E-state index >= 15 is 0 Å². The molecule has 0 fully saturated rings. The SMILES string of the molecule is COC(=O)c1ccc2c(c1)cc(Cc1ccc(C#N)cc1)n2S(=O)(=O)c1ccc(C)cc1. The minimum atomic E-state index is -3.89. The molecule has 3 aromatic carbocycles. The van der Waals surface area contributed by atoms with Crippen molar-refractivity contribution in [2.45, 2.75) is 18.2 Å². The second-order valence-electron chi connectivity index (χ2n) is 7.47. The van der Waals surface area contributed by atoms with E-state index in [-0.39, 0.29) is 4.90 Å². The molecule has 6 nitrogen and oxygen atoms in total. The van der Waals surface area contributed by atoms with Gasteiger partial charge in [-0.2, -0.15) is 5.26 Å². The van der Waals surface area contributed by atoms with Gasteiger partial charge in [-0.3, -0.25) is 0 Å². The van der Waals surface area contributed by atoms with Crippen molar-refractivity contribution in [2.24, 2.45) is 0 Å². The number of methoxy groups -OCH3 is 1. The van der Waals surface area contributed by atoms with Crippen molar-refractivity contribution in [3.05, 3.63) is 101 Å². The van der Waals surface area contributed by atoms with Crippen molar-refractivity contribution < 1.29 is 17.9 Å². The maximum atomic E-state index is 13.6. The van der Waals surface area contributed by atoms with Gasteiger partial charge >= 0.3 is 5.97 Å². The lowest BCUT2D eigenvalue weighted by atomic mass is 10.1. The van der Waals surface area contributed by atoms with Crippen molar-refractivity contribution in [3.8, 4) is 6.07 Å². The molecule has 0 unspecified atom stereocenters. The largest absolute Gasteiger partial charge is 0.465 e. The van der Waals surface area contributed by atoms with E-state index in [0.717, 1.165) is 11.1 Å². The summed E-state index contributed by atoms with van der Waals surface area (Å²) in [6, 6.07) is 22.4. The molecular weight excluding hydrogens is 424 g/mol. The zero-order chi connectivity index (χ0) is 22.9. The molecule has 1 heterocycles. The van der Waals surface area contributed by atoms with E-state index in [1.807, 2.05) is 6.92 Å². The van der Waals surface area contributed by atoms with Gasteiger partial charge in [0, 0.05) is 17.5 Å². The van der Waals surface area contributed by atoms with Gasteiger partial charge in [-0.25, -0.2) is 17.2 Å². The second-order valence-corrected chi connectivity index (χ2v) is 9.26. The first-order chi connectivity index (χ1) is 15.3. The number of nitrogens with zero attached hydrogens (tertiary/aromatic N) is 2. The Hall–Kier alpha value is -3.89. The Labute approximate surface area is 186 Å². The van der Waals surface area contributed by atoms with Crippen LogP contribution in [0, 0.1) is 18.3 Å². The van der Waals surface area contributed by atoms with Crippen molar-refractivity contribution >= 4 is 26.9 Å². The monoisotopic (exact) mass is 444 g/mol. The summed E-state index contributed by atoms with van der Waals surface area (Å²) in [6.45, 7) is 1.89. The summed E-state index contributed by atoms with van der Waals surface area (Å²) in [5.41, 5.74) is 3.72. The normalized spacial score (nSPS) is 11.3. The first-order valence-corrected chi connectivity index (χ1v) is 11.3. The number of fused-ring (bicyclic) bond motifs is 1. The summed E-state index contributed by atoms with van der Waals surface area (Å²) in [4.78, 5) is 12.2. The molecule has 32 heavy (non-hydrogen) atoms. The number of esters is 1. The molecule has 0 amide bonds. The Morgan fingerprint density at radius 1 is 1.00 bits per heavy atom. The molecule has 0 aliphatic rings. The number of aromatic nitrogens is 1. The van der Waals surface area contributed by atoms with E-state index in [1.54, 1.807) is 72.8 Å². The number of carbonyl (C=O) groups excluding carboxylic acids is 1. The number of nitriles is 1. The number of hydrogen-bond donors (Lipinski definition) is 0. The predicted molar refractivity (Wildman–Crippen MR) is 121 cm³/mol. The summed E-state index contributed by atoms with van der Waals surface area (Å²) in [6.07, 6.45) is 0.332. The third kappa shape index (κ3) is 3.88. The predicted octanol–water partition coefficient (Wildman–Crippen LogP) is 4.44. The number of ether oxygens (including phenoxy) is 1. The van der Waals surface area contributed by atoms with Crippen molar-refractivity contribution in [1.82, 2.24) is 3.97 Å². The van der Waals surface area contributed by atoms with Crippen LogP contribution >= 0.6 is 0 Å². The summed E-state index contributed by atoms with van der Waals surface area (Å²) in [5, 5.41) is 9.65. The fourth-order valence-corrected chi connectivity index (χ4v) is 5.16. The van der Waals surface area contributed by atoms with Gasteiger partial charge in [-0.15, -0.1) is 0 Å². The number of rotatable bonds is 5. The Morgan fingerprint density at radius 2 is 1.69 bits per heavy atom. The molecule has 0 aliphatic heterocycles. The Kier molecular flexibility index (Phi) is 5.56. The van der Waals surface area contributed by atoms with Gasteiger partial charge in [0.2, 0.25) is 0 Å². The number of hydrogen-bond acceptors (Lipinski definition) is 5. The summed E-state index contributed by atoms with van der Waals surface area (Å²) < 4.78 is 33.4. The van der Waals surface area contributed by atoms with Gasteiger partial charge in [0.15, 0.2) is 0 Å². The summed E-state index contributed by atoms with van der Waals surface area (Å²) in [5.74, 6) is -0.491. The van der Waals surface area contributed by atoms with E-state index in [0.29, 0.717) is 34.1 Å². The molecule has 4 aromatic rings. The van der Waals surface area contributed by atoms with Crippen molar-refractivity contribution in [1.29, 1.82) is 5.26 Å². The average Bonchev–Trinajstić information content (AvgIpc) is 3.17. The van der Waals surface area contributed by atoms with E-state index in [2.05, 4.69) is 6.07 Å². The maximum absolute atomic E-state index is 13.6. The molecule has 160 valence electrons. The van der Waals surface area contributed by atoms with Crippen LogP contribution in [0.2, 0.25) is 0 Å². The second kappa shape index (κ2) is 8.33. The molecule has 1 aromatic heterocycles. The number of benzene rings is 3. The molecule has 0 spiro atoms. The molecule has 4 rings (SSSR count). The van der Waals surface area contributed by atoms with Gasteiger partial charge in [0.25, 0.3) is 10.0 Å². The fourth-order valence-electron chi connectivity index (χ4n) is 3.62. The van der Waals surface area contributed by atoms with E-state index in [9.17, 15) is 13.2 Å². The Bertz CT molecular complexity index is 1460. The van der Waals surface area contributed by atoms with Crippen LogP contribution in [0.3, 0.4) is 0 Å². The first kappa shape index (κ1) is 21.3.